The lowest BCUT2D eigenvalue weighted by molar-refractivity contribution is -0.131. The van der Waals surface area contributed by atoms with Crippen LogP contribution in [0.15, 0.2) is 53.3 Å². The van der Waals surface area contributed by atoms with Gasteiger partial charge in [0.1, 0.15) is 12.8 Å². The van der Waals surface area contributed by atoms with Gasteiger partial charge in [-0.05, 0) is 17.6 Å². The van der Waals surface area contributed by atoms with Crippen molar-refractivity contribution in [2.45, 2.75) is 13.8 Å². The lowest BCUT2D eigenvalue weighted by Gasteiger charge is -2.22. The van der Waals surface area contributed by atoms with E-state index in [9.17, 15) is 9.59 Å². The molecule has 1 heterocycles. The van der Waals surface area contributed by atoms with Crippen LogP contribution in [0.1, 0.15) is 19.4 Å². The van der Waals surface area contributed by atoms with Crippen LogP contribution in [-0.2, 0) is 9.59 Å². The highest BCUT2D eigenvalue weighted by Crippen LogP contribution is 2.06. The van der Waals surface area contributed by atoms with E-state index in [2.05, 4.69) is 15.0 Å². The van der Waals surface area contributed by atoms with E-state index >= 15 is 0 Å². The number of carbonyl (C=O) groups excluding carboxylic acids is 2. The maximum Gasteiger partial charge on any atom is 0.247 e. The van der Waals surface area contributed by atoms with Gasteiger partial charge in [-0.25, -0.2) is 0 Å². The maximum atomic E-state index is 12.4. The van der Waals surface area contributed by atoms with E-state index in [1.807, 2.05) is 44.2 Å². The van der Waals surface area contributed by atoms with Crippen molar-refractivity contribution < 1.29 is 14.1 Å². The van der Waals surface area contributed by atoms with E-state index < -0.39 is 0 Å². The molecule has 0 aliphatic carbocycles. The van der Waals surface area contributed by atoms with Crippen molar-refractivity contribution in [3.8, 4) is 0 Å². The van der Waals surface area contributed by atoms with Crippen molar-refractivity contribution in [2.24, 2.45) is 5.92 Å². The van der Waals surface area contributed by atoms with Crippen molar-refractivity contribution in [1.29, 1.82) is 0 Å². The molecule has 0 aliphatic heterocycles. The number of benzene rings is 1. The fourth-order valence-electron chi connectivity index (χ4n) is 2.14. The lowest BCUT2D eigenvalue weighted by Crippen LogP contribution is -2.39. The molecular weight excluding hydrogens is 306 g/mol. The average Bonchev–Trinajstić information content (AvgIpc) is 3.05. The molecule has 0 saturated heterocycles. The van der Waals surface area contributed by atoms with Crippen LogP contribution in [-0.4, -0.2) is 35.0 Å². The van der Waals surface area contributed by atoms with Gasteiger partial charge in [-0.2, -0.15) is 0 Å². The van der Waals surface area contributed by atoms with Gasteiger partial charge in [-0.3, -0.25) is 9.59 Å². The summed E-state index contributed by atoms with van der Waals surface area (Å²) in [5.74, 6) is 0.0598. The molecule has 0 saturated carbocycles. The summed E-state index contributed by atoms with van der Waals surface area (Å²) in [5.41, 5.74) is 0.933. The largest absolute Gasteiger partial charge is 0.363 e. The maximum absolute atomic E-state index is 12.4. The van der Waals surface area contributed by atoms with Gasteiger partial charge in [0, 0.05) is 18.7 Å². The second kappa shape index (κ2) is 8.67. The Hall–Kier alpha value is -2.89. The lowest BCUT2D eigenvalue weighted by atomic mass is 10.2. The van der Waals surface area contributed by atoms with Gasteiger partial charge < -0.3 is 14.7 Å². The first-order chi connectivity index (χ1) is 11.5. The third-order valence-corrected chi connectivity index (χ3v) is 3.15. The Morgan fingerprint density at radius 1 is 1.25 bits per heavy atom. The Morgan fingerprint density at radius 3 is 2.62 bits per heavy atom. The Balaban J connectivity index is 1.99. The topological polar surface area (TPSA) is 75.4 Å². The van der Waals surface area contributed by atoms with Gasteiger partial charge in [-0.15, -0.1) is 0 Å². The summed E-state index contributed by atoms with van der Waals surface area (Å²) < 4.78 is 4.66. The van der Waals surface area contributed by atoms with Crippen LogP contribution < -0.4 is 5.32 Å². The number of anilines is 1. The zero-order valence-electron chi connectivity index (χ0n) is 13.8. The van der Waals surface area contributed by atoms with E-state index in [0.29, 0.717) is 12.4 Å². The zero-order valence-corrected chi connectivity index (χ0v) is 13.8. The quantitative estimate of drug-likeness (QED) is 0.794. The monoisotopic (exact) mass is 327 g/mol. The minimum Gasteiger partial charge on any atom is -0.363 e. The van der Waals surface area contributed by atoms with Crippen LogP contribution >= 0.6 is 0 Å². The second-order valence-electron chi connectivity index (χ2n) is 5.79. The number of carbonyl (C=O) groups is 2. The molecular formula is C18H21N3O3. The van der Waals surface area contributed by atoms with Crippen molar-refractivity contribution in [1.82, 2.24) is 10.1 Å². The van der Waals surface area contributed by atoms with E-state index in [0.717, 1.165) is 5.56 Å². The average molecular weight is 327 g/mol. The Bertz CT molecular complexity index is 679. The molecule has 1 aromatic heterocycles. The molecule has 2 aromatic rings. The summed E-state index contributed by atoms with van der Waals surface area (Å²) in [5, 5.41) is 6.21. The number of nitrogens with zero attached hydrogens (tertiary/aromatic N) is 2. The van der Waals surface area contributed by atoms with Gasteiger partial charge in [0.2, 0.25) is 11.8 Å². The molecule has 2 amide bonds. The van der Waals surface area contributed by atoms with E-state index in [-0.39, 0.29) is 24.3 Å². The summed E-state index contributed by atoms with van der Waals surface area (Å²) in [4.78, 5) is 26.0. The predicted octanol–water partition coefficient (Wildman–Crippen LogP) is 2.81. The van der Waals surface area contributed by atoms with Crippen molar-refractivity contribution in [3.05, 3.63) is 54.3 Å². The molecule has 0 bridgehead atoms. The van der Waals surface area contributed by atoms with E-state index in [4.69, 9.17) is 0 Å². The first-order valence-electron chi connectivity index (χ1n) is 7.77. The minimum absolute atomic E-state index is 0.0387. The molecule has 6 nitrogen and oxygen atoms in total. The molecule has 126 valence electrons. The standard InChI is InChI=1S/C18H21N3O3/c1-14(2)12-21(13-17(22)19-16-10-11-24-20-16)18(23)9-8-15-6-4-3-5-7-15/h3-11,14H,12-13H2,1-2H3,(H,19,20,22). The summed E-state index contributed by atoms with van der Waals surface area (Å²) >= 11 is 0. The molecule has 0 radical (unpaired) electrons. The summed E-state index contributed by atoms with van der Waals surface area (Å²) in [6, 6.07) is 11.1. The molecule has 1 aromatic carbocycles. The predicted molar refractivity (Wildman–Crippen MR) is 92.0 cm³/mol. The first-order valence-corrected chi connectivity index (χ1v) is 7.77. The number of rotatable bonds is 7. The highest BCUT2D eigenvalue weighted by atomic mass is 16.5. The fourth-order valence-corrected chi connectivity index (χ4v) is 2.14. The van der Waals surface area contributed by atoms with Crippen LogP contribution in [0, 0.1) is 5.92 Å². The molecule has 24 heavy (non-hydrogen) atoms. The summed E-state index contributed by atoms with van der Waals surface area (Å²) in [7, 11) is 0. The second-order valence-corrected chi connectivity index (χ2v) is 5.79. The SMILES string of the molecule is CC(C)CN(CC(=O)Nc1ccon1)C(=O)C=Cc1ccccc1. The van der Waals surface area contributed by atoms with Crippen molar-refractivity contribution in [2.75, 3.05) is 18.4 Å². The highest BCUT2D eigenvalue weighted by Gasteiger charge is 2.17. The van der Waals surface area contributed by atoms with E-state index in [1.54, 1.807) is 12.1 Å². The normalized spacial score (nSPS) is 11.0. The minimum atomic E-state index is -0.314. The molecule has 2 rings (SSSR count). The fraction of sp³-hybridized carbons (Fsp3) is 0.278. The number of nitrogens with one attached hydrogen (secondary N) is 1. The third-order valence-electron chi connectivity index (χ3n) is 3.15. The Labute approximate surface area is 141 Å². The molecule has 0 spiro atoms. The molecule has 0 unspecified atom stereocenters. The van der Waals surface area contributed by atoms with Gasteiger partial charge in [-0.1, -0.05) is 49.3 Å². The van der Waals surface area contributed by atoms with Gasteiger partial charge >= 0.3 is 0 Å². The first kappa shape index (κ1) is 17.5. The molecule has 6 heteroatoms. The van der Waals surface area contributed by atoms with Crippen molar-refractivity contribution >= 4 is 23.7 Å². The smallest absolute Gasteiger partial charge is 0.247 e. The van der Waals surface area contributed by atoms with Crippen LogP contribution in [0.4, 0.5) is 5.82 Å². The Kier molecular flexibility index (Phi) is 6.31. The number of aromatic nitrogens is 1. The van der Waals surface area contributed by atoms with Crippen LogP contribution in [0.5, 0.6) is 0 Å². The summed E-state index contributed by atoms with van der Waals surface area (Å²) in [6.07, 6.45) is 4.60. The van der Waals surface area contributed by atoms with Gasteiger partial charge in [0.05, 0.1) is 0 Å². The van der Waals surface area contributed by atoms with Crippen molar-refractivity contribution in [3.63, 3.8) is 0 Å². The van der Waals surface area contributed by atoms with Gasteiger partial charge in [0.15, 0.2) is 5.82 Å². The number of hydrogen-bond donors (Lipinski definition) is 1. The number of hydrogen-bond acceptors (Lipinski definition) is 4. The zero-order chi connectivity index (χ0) is 17.4. The van der Waals surface area contributed by atoms with Crippen LogP contribution in [0.2, 0.25) is 0 Å². The van der Waals surface area contributed by atoms with E-state index in [1.165, 1.54) is 17.2 Å². The molecule has 0 aliphatic rings. The Morgan fingerprint density at radius 2 is 2.00 bits per heavy atom. The number of amides is 2. The summed E-state index contributed by atoms with van der Waals surface area (Å²) in [6.45, 7) is 4.45. The highest BCUT2D eigenvalue weighted by molar-refractivity contribution is 5.97. The molecule has 0 fully saturated rings. The van der Waals surface area contributed by atoms with Crippen LogP contribution in [0.25, 0.3) is 6.08 Å². The molecule has 1 N–H and O–H groups in total. The molecule has 0 atom stereocenters. The third kappa shape index (κ3) is 5.72. The van der Waals surface area contributed by atoms with Gasteiger partial charge in [0.25, 0.3) is 0 Å². The van der Waals surface area contributed by atoms with Crippen LogP contribution in [0.3, 0.4) is 0 Å².